The molecule has 4 nitrogen and oxygen atoms in total. The molecule has 1 N–H and O–H groups in total. The van der Waals surface area contributed by atoms with Crippen molar-refractivity contribution < 1.29 is 18.3 Å². The number of carboxylic acids is 1. The first kappa shape index (κ1) is 12.1. The van der Waals surface area contributed by atoms with Gasteiger partial charge in [0.05, 0.1) is 4.90 Å². The van der Waals surface area contributed by atoms with E-state index in [4.69, 9.17) is 5.11 Å². The van der Waals surface area contributed by atoms with E-state index in [9.17, 15) is 13.2 Å². The molecule has 1 aromatic rings. The van der Waals surface area contributed by atoms with Crippen LogP contribution in [0, 0.1) is 0 Å². The summed E-state index contributed by atoms with van der Waals surface area (Å²) in [5.41, 5.74) is 0. The summed E-state index contributed by atoms with van der Waals surface area (Å²) in [4.78, 5) is 10.7. The van der Waals surface area contributed by atoms with E-state index in [2.05, 4.69) is 12.6 Å². The molecule has 15 heavy (non-hydrogen) atoms. The van der Waals surface area contributed by atoms with Crippen molar-refractivity contribution in [1.82, 2.24) is 0 Å². The maximum atomic E-state index is 11.8. The van der Waals surface area contributed by atoms with Crippen LogP contribution in [-0.2, 0) is 14.6 Å². The summed E-state index contributed by atoms with van der Waals surface area (Å²) in [5, 5.41) is 7.25. The summed E-state index contributed by atoms with van der Waals surface area (Å²) in [6.45, 7) is 0. The summed E-state index contributed by atoms with van der Waals surface area (Å²) >= 11 is 3.74. The summed E-state index contributed by atoms with van der Waals surface area (Å²) < 4.78 is 23.6. The predicted octanol–water partition coefficient (Wildman–Crippen LogP) is 0.843. The van der Waals surface area contributed by atoms with Gasteiger partial charge in [-0.3, -0.25) is 4.79 Å². The lowest BCUT2D eigenvalue weighted by molar-refractivity contribution is -0.136. The standard InChI is InChI=1S/C9H10O4S2/c10-9(11)8(6-14)15(12,13)7-4-2-1-3-5-7/h1-5,8,14H,6H2,(H,10,11). The molecule has 6 heteroatoms. The van der Waals surface area contributed by atoms with Gasteiger partial charge in [-0.2, -0.15) is 12.6 Å². The quantitative estimate of drug-likeness (QED) is 0.772. The fourth-order valence-electron chi connectivity index (χ4n) is 1.08. The number of aliphatic carboxylic acids is 1. The molecule has 0 spiro atoms. The molecule has 1 aromatic carbocycles. The molecule has 1 rings (SSSR count). The Labute approximate surface area is 93.3 Å². The van der Waals surface area contributed by atoms with Crippen molar-refractivity contribution >= 4 is 28.4 Å². The van der Waals surface area contributed by atoms with E-state index in [0.29, 0.717) is 0 Å². The zero-order valence-electron chi connectivity index (χ0n) is 7.70. The fraction of sp³-hybridized carbons (Fsp3) is 0.222. The average Bonchev–Trinajstić information content (AvgIpc) is 2.19. The highest BCUT2D eigenvalue weighted by Gasteiger charge is 2.32. The minimum absolute atomic E-state index is 0.00597. The fourth-order valence-corrected chi connectivity index (χ4v) is 3.16. The third kappa shape index (κ3) is 2.51. The van der Waals surface area contributed by atoms with Crippen LogP contribution in [0.5, 0.6) is 0 Å². The molecular formula is C9H10O4S2. The minimum atomic E-state index is -3.83. The molecule has 0 bridgehead atoms. The van der Waals surface area contributed by atoms with Crippen LogP contribution in [0.4, 0.5) is 0 Å². The average molecular weight is 246 g/mol. The van der Waals surface area contributed by atoms with Gasteiger partial charge in [0.15, 0.2) is 15.1 Å². The first-order chi connectivity index (χ1) is 7.00. The Balaban J connectivity index is 3.19. The lowest BCUT2D eigenvalue weighted by Crippen LogP contribution is -2.31. The van der Waals surface area contributed by atoms with Gasteiger partial charge in [-0.15, -0.1) is 0 Å². The molecule has 0 saturated carbocycles. The molecule has 0 heterocycles. The van der Waals surface area contributed by atoms with E-state index in [1.807, 2.05) is 0 Å². The van der Waals surface area contributed by atoms with Crippen molar-refractivity contribution in [3.8, 4) is 0 Å². The molecule has 0 fully saturated rings. The number of rotatable bonds is 4. The Bertz CT molecular complexity index is 438. The lowest BCUT2D eigenvalue weighted by Gasteiger charge is -2.10. The van der Waals surface area contributed by atoms with Gasteiger partial charge < -0.3 is 5.11 Å². The number of sulfone groups is 1. The predicted molar refractivity (Wildman–Crippen MR) is 58.9 cm³/mol. The number of carboxylic acid groups (broad SMARTS) is 1. The summed E-state index contributed by atoms with van der Waals surface area (Å²) in [7, 11) is -3.83. The molecule has 0 aliphatic heterocycles. The SMILES string of the molecule is O=C(O)C(CS)S(=O)(=O)c1ccccc1. The van der Waals surface area contributed by atoms with Crippen molar-refractivity contribution in [2.75, 3.05) is 5.75 Å². The van der Waals surface area contributed by atoms with Crippen molar-refractivity contribution in [3.05, 3.63) is 30.3 Å². The number of benzene rings is 1. The first-order valence-electron chi connectivity index (χ1n) is 4.12. The summed E-state index contributed by atoms with van der Waals surface area (Å²) in [6.07, 6.45) is 0. The van der Waals surface area contributed by atoms with Crippen molar-refractivity contribution in [1.29, 1.82) is 0 Å². The van der Waals surface area contributed by atoms with Gasteiger partial charge in [0.1, 0.15) is 0 Å². The van der Waals surface area contributed by atoms with Crippen molar-refractivity contribution in [2.45, 2.75) is 10.1 Å². The topological polar surface area (TPSA) is 71.4 Å². The van der Waals surface area contributed by atoms with Crippen molar-refractivity contribution in [3.63, 3.8) is 0 Å². The third-order valence-corrected chi connectivity index (χ3v) is 4.55. The highest BCUT2D eigenvalue weighted by molar-refractivity contribution is 7.94. The lowest BCUT2D eigenvalue weighted by atomic mass is 10.4. The highest BCUT2D eigenvalue weighted by Crippen LogP contribution is 2.16. The zero-order valence-corrected chi connectivity index (χ0v) is 9.41. The van der Waals surface area contributed by atoms with Gasteiger partial charge in [-0.25, -0.2) is 8.42 Å². The molecule has 0 aromatic heterocycles. The van der Waals surface area contributed by atoms with Crippen LogP contribution < -0.4 is 0 Å². The summed E-state index contributed by atoms with van der Waals surface area (Å²) in [6, 6.07) is 7.49. The normalized spacial score (nSPS) is 13.4. The van der Waals surface area contributed by atoms with E-state index in [1.165, 1.54) is 12.1 Å². The van der Waals surface area contributed by atoms with E-state index in [0.717, 1.165) is 0 Å². The minimum Gasteiger partial charge on any atom is -0.480 e. The largest absolute Gasteiger partial charge is 0.480 e. The van der Waals surface area contributed by atoms with Gasteiger partial charge in [0.25, 0.3) is 0 Å². The zero-order chi connectivity index (χ0) is 11.5. The number of thiol groups is 1. The van der Waals surface area contributed by atoms with Crippen LogP contribution in [0.25, 0.3) is 0 Å². The van der Waals surface area contributed by atoms with Gasteiger partial charge in [0.2, 0.25) is 0 Å². The van der Waals surface area contributed by atoms with E-state index >= 15 is 0 Å². The molecule has 82 valence electrons. The van der Waals surface area contributed by atoms with Crippen LogP contribution in [0.2, 0.25) is 0 Å². The number of hydrogen-bond acceptors (Lipinski definition) is 4. The second kappa shape index (κ2) is 4.67. The Morgan fingerprint density at radius 2 is 1.87 bits per heavy atom. The summed E-state index contributed by atoms with van der Waals surface area (Å²) in [5.74, 6) is -1.62. The molecule has 0 radical (unpaired) electrons. The third-order valence-electron chi connectivity index (χ3n) is 1.89. The van der Waals surface area contributed by atoms with E-state index in [-0.39, 0.29) is 10.6 Å². The van der Waals surface area contributed by atoms with Gasteiger partial charge >= 0.3 is 5.97 Å². The second-order valence-corrected chi connectivity index (χ2v) is 5.36. The molecule has 0 aliphatic rings. The van der Waals surface area contributed by atoms with Gasteiger partial charge in [-0.05, 0) is 12.1 Å². The first-order valence-corrected chi connectivity index (χ1v) is 6.30. The second-order valence-electron chi connectivity index (χ2n) is 2.87. The Morgan fingerprint density at radius 3 is 2.27 bits per heavy atom. The van der Waals surface area contributed by atoms with Crippen LogP contribution in [-0.4, -0.2) is 30.5 Å². The van der Waals surface area contributed by atoms with Crippen LogP contribution >= 0.6 is 12.6 Å². The highest BCUT2D eigenvalue weighted by atomic mass is 32.2. The van der Waals surface area contributed by atoms with E-state index < -0.39 is 21.1 Å². The van der Waals surface area contributed by atoms with E-state index in [1.54, 1.807) is 18.2 Å². The molecule has 0 aliphatic carbocycles. The maximum absolute atomic E-state index is 11.8. The molecular weight excluding hydrogens is 236 g/mol. The van der Waals surface area contributed by atoms with Crippen LogP contribution in [0.15, 0.2) is 35.2 Å². The monoisotopic (exact) mass is 246 g/mol. The Morgan fingerprint density at radius 1 is 1.33 bits per heavy atom. The molecule has 1 atom stereocenters. The Hall–Kier alpha value is -1.01. The maximum Gasteiger partial charge on any atom is 0.323 e. The van der Waals surface area contributed by atoms with Gasteiger partial charge in [-0.1, -0.05) is 18.2 Å². The van der Waals surface area contributed by atoms with Crippen LogP contribution in [0.1, 0.15) is 0 Å². The molecule has 0 amide bonds. The molecule has 0 saturated heterocycles. The molecule has 1 unspecified atom stereocenters. The number of hydrogen-bond donors (Lipinski definition) is 2. The Kier molecular flexibility index (Phi) is 3.76. The van der Waals surface area contributed by atoms with Crippen molar-refractivity contribution in [2.24, 2.45) is 0 Å². The van der Waals surface area contributed by atoms with Crippen LogP contribution in [0.3, 0.4) is 0 Å². The number of carbonyl (C=O) groups is 1. The smallest absolute Gasteiger partial charge is 0.323 e. The van der Waals surface area contributed by atoms with Gasteiger partial charge in [0, 0.05) is 5.75 Å².